The molecule has 0 aliphatic rings. The van der Waals surface area contributed by atoms with Crippen LogP contribution in [-0.4, -0.2) is 18.9 Å². The Morgan fingerprint density at radius 3 is 2.17 bits per heavy atom. The second-order valence-corrected chi connectivity index (χ2v) is 6.86. The Labute approximate surface area is 170 Å². The second-order valence-electron chi connectivity index (χ2n) is 6.86. The van der Waals surface area contributed by atoms with Crippen LogP contribution in [0, 0.1) is 13.8 Å². The number of methoxy groups -OCH3 is 1. The van der Waals surface area contributed by atoms with Gasteiger partial charge >= 0.3 is 0 Å². The predicted octanol–water partition coefficient (Wildman–Crippen LogP) is 4.49. The van der Waals surface area contributed by atoms with Crippen LogP contribution in [-0.2, 0) is 6.54 Å². The minimum atomic E-state index is -0.252. The monoisotopic (exact) mass is 388 g/mol. The number of benzene rings is 3. The SMILES string of the molecule is COc1ccc(CNC(=O)c2cccc(C(=O)Nc3ccc(C)c(C)c3)c2)cc1. The zero-order chi connectivity index (χ0) is 20.8. The Hall–Kier alpha value is -3.60. The summed E-state index contributed by atoms with van der Waals surface area (Å²) in [6.07, 6.45) is 0. The maximum absolute atomic E-state index is 12.6. The smallest absolute Gasteiger partial charge is 0.255 e. The molecule has 148 valence electrons. The van der Waals surface area contributed by atoms with Gasteiger partial charge in [-0.25, -0.2) is 0 Å². The molecule has 2 amide bonds. The summed E-state index contributed by atoms with van der Waals surface area (Å²) in [5, 5.41) is 5.75. The molecule has 0 bridgehead atoms. The van der Waals surface area contributed by atoms with Gasteiger partial charge in [0, 0.05) is 23.4 Å². The van der Waals surface area contributed by atoms with E-state index >= 15 is 0 Å². The quantitative estimate of drug-likeness (QED) is 0.654. The van der Waals surface area contributed by atoms with Gasteiger partial charge in [0.2, 0.25) is 0 Å². The van der Waals surface area contributed by atoms with Gasteiger partial charge in [-0.15, -0.1) is 0 Å². The van der Waals surface area contributed by atoms with Crippen LogP contribution in [0.25, 0.3) is 0 Å². The van der Waals surface area contributed by atoms with Crippen LogP contribution in [0.3, 0.4) is 0 Å². The van der Waals surface area contributed by atoms with E-state index in [9.17, 15) is 9.59 Å². The normalized spacial score (nSPS) is 10.3. The van der Waals surface area contributed by atoms with Crippen molar-refractivity contribution in [2.75, 3.05) is 12.4 Å². The van der Waals surface area contributed by atoms with Crippen molar-refractivity contribution in [1.29, 1.82) is 0 Å². The van der Waals surface area contributed by atoms with Gasteiger partial charge in [0.05, 0.1) is 7.11 Å². The number of aryl methyl sites for hydroxylation is 2. The summed E-state index contributed by atoms with van der Waals surface area (Å²) in [7, 11) is 1.61. The largest absolute Gasteiger partial charge is 0.497 e. The van der Waals surface area contributed by atoms with Crippen molar-refractivity contribution in [1.82, 2.24) is 5.32 Å². The van der Waals surface area contributed by atoms with Gasteiger partial charge in [0.15, 0.2) is 0 Å². The fourth-order valence-corrected chi connectivity index (χ4v) is 2.85. The summed E-state index contributed by atoms with van der Waals surface area (Å²) >= 11 is 0. The summed E-state index contributed by atoms with van der Waals surface area (Å²) in [4.78, 5) is 25.1. The van der Waals surface area contributed by atoms with Crippen molar-refractivity contribution < 1.29 is 14.3 Å². The molecule has 5 heteroatoms. The molecule has 2 N–H and O–H groups in total. The molecular weight excluding hydrogens is 364 g/mol. The van der Waals surface area contributed by atoms with E-state index in [1.165, 1.54) is 5.56 Å². The Balaban J connectivity index is 1.64. The van der Waals surface area contributed by atoms with Crippen molar-refractivity contribution in [3.8, 4) is 5.75 Å². The number of hydrogen-bond acceptors (Lipinski definition) is 3. The summed E-state index contributed by atoms with van der Waals surface area (Å²) in [5.74, 6) is 0.280. The van der Waals surface area contributed by atoms with Crippen LogP contribution < -0.4 is 15.4 Å². The predicted molar refractivity (Wildman–Crippen MR) is 114 cm³/mol. The zero-order valence-corrected chi connectivity index (χ0v) is 16.8. The molecule has 0 saturated carbocycles. The number of hydrogen-bond donors (Lipinski definition) is 2. The van der Waals surface area contributed by atoms with Crippen LogP contribution >= 0.6 is 0 Å². The van der Waals surface area contributed by atoms with Crippen molar-refractivity contribution in [2.45, 2.75) is 20.4 Å². The third kappa shape index (κ3) is 5.23. The van der Waals surface area contributed by atoms with Crippen LogP contribution in [0.4, 0.5) is 5.69 Å². The Morgan fingerprint density at radius 1 is 0.828 bits per heavy atom. The van der Waals surface area contributed by atoms with E-state index in [2.05, 4.69) is 10.6 Å². The minimum Gasteiger partial charge on any atom is -0.497 e. The van der Waals surface area contributed by atoms with E-state index in [1.807, 2.05) is 56.3 Å². The van der Waals surface area contributed by atoms with E-state index in [1.54, 1.807) is 31.4 Å². The van der Waals surface area contributed by atoms with Crippen LogP contribution in [0.2, 0.25) is 0 Å². The molecule has 0 unspecified atom stereocenters. The second kappa shape index (κ2) is 9.06. The third-order valence-corrected chi connectivity index (χ3v) is 4.76. The molecule has 0 spiro atoms. The number of ether oxygens (including phenoxy) is 1. The Kier molecular flexibility index (Phi) is 6.29. The summed E-state index contributed by atoms with van der Waals surface area (Å²) in [5.41, 5.74) is 4.83. The molecule has 0 aliphatic heterocycles. The first-order valence-corrected chi connectivity index (χ1v) is 9.36. The Bertz CT molecular complexity index is 1030. The fourth-order valence-electron chi connectivity index (χ4n) is 2.85. The first kappa shape index (κ1) is 20.1. The molecule has 3 aromatic carbocycles. The molecular formula is C24H24N2O3. The fraction of sp³-hybridized carbons (Fsp3) is 0.167. The average molecular weight is 388 g/mol. The highest BCUT2D eigenvalue weighted by molar-refractivity contribution is 6.06. The van der Waals surface area contributed by atoms with E-state index in [4.69, 9.17) is 4.74 Å². The number of anilines is 1. The molecule has 0 radical (unpaired) electrons. The van der Waals surface area contributed by atoms with Gasteiger partial charge in [-0.2, -0.15) is 0 Å². The van der Waals surface area contributed by atoms with Gasteiger partial charge in [-0.1, -0.05) is 24.3 Å². The van der Waals surface area contributed by atoms with Crippen LogP contribution in [0.15, 0.2) is 66.7 Å². The van der Waals surface area contributed by atoms with Crippen molar-refractivity contribution in [3.63, 3.8) is 0 Å². The third-order valence-electron chi connectivity index (χ3n) is 4.76. The first-order chi connectivity index (χ1) is 14.0. The number of rotatable bonds is 6. The highest BCUT2D eigenvalue weighted by Crippen LogP contribution is 2.16. The standard InChI is InChI=1S/C24H24N2O3/c1-16-7-10-21(13-17(16)2)26-24(28)20-6-4-5-19(14-20)23(27)25-15-18-8-11-22(29-3)12-9-18/h4-14H,15H2,1-3H3,(H,25,27)(H,26,28). The number of carbonyl (C=O) groups excluding carboxylic acids is 2. The summed E-state index contributed by atoms with van der Waals surface area (Å²) in [6.45, 7) is 4.41. The van der Waals surface area contributed by atoms with Crippen molar-refractivity contribution in [3.05, 3.63) is 94.5 Å². The topological polar surface area (TPSA) is 67.4 Å². The number of nitrogens with one attached hydrogen (secondary N) is 2. The molecule has 0 saturated heterocycles. The summed E-state index contributed by atoms with van der Waals surface area (Å²) in [6, 6.07) is 19.9. The lowest BCUT2D eigenvalue weighted by Crippen LogP contribution is -2.23. The lowest BCUT2D eigenvalue weighted by atomic mass is 10.1. The maximum atomic E-state index is 12.6. The number of carbonyl (C=O) groups is 2. The molecule has 0 aliphatic carbocycles. The Morgan fingerprint density at radius 2 is 1.52 bits per heavy atom. The molecule has 5 nitrogen and oxygen atoms in total. The molecule has 0 atom stereocenters. The van der Waals surface area contributed by atoms with Gasteiger partial charge < -0.3 is 15.4 Å². The van der Waals surface area contributed by atoms with Gasteiger partial charge in [-0.05, 0) is 73.0 Å². The van der Waals surface area contributed by atoms with Crippen molar-refractivity contribution >= 4 is 17.5 Å². The zero-order valence-electron chi connectivity index (χ0n) is 16.8. The van der Waals surface area contributed by atoms with Crippen LogP contribution in [0.5, 0.6) is 5.75 Å². The van der Waals surface area contributed by atoms with E-state index in [0.29, 0.717) is 17.7 Å². The lowest BCUT2D eigenvalue weighted by Gasteiger charge is -2.10. The summed E-state index contributed by atoms with van der Waals surface area (Å²) < 4.78 is 5.13. The number of amides is 2. The molecule has 0 heterocycles. The first-order valence-electron chi connectivity index (χ1n) is 9.36. The molecule has 3 aromatic rings. The average Bonchev–Trinajstić information content (AvgIpc) is 2.75. The van der Waals surface area contributed by atoms with Gasteiger partial charge in [0.25, 0.3) is 11.8 Å². The lowest BCUT2D eigenvalue weighted by molar-refractivity contribution is 0.0951. The van der Waals surface area contributed by atoms with Crippen LogP contribution in [0.1, 0.15) is 37.4 Å². The van der Waals surface area contributed by atoms with Gasteiger partial charge in [-0.3, -0.25) is 9.59 Å². The highest BCUT2D eigenvalue weighted by Gasteiger charge is 2.11. The van der Waals surface area contributed by atoms with E-state index < -0.39 is 0 Å². The molecule has 0 fully saturated rings. The van der Waals surface area contributed by atoms with Gasteiger partial charge in [0.1, 0.15) is 5.75 Å². The minimum absolute atomic E-state index is 0.235. The molecule has 29 heavy (non-hydrogen) atoms. The van der Waals surface area contributed by atoms with Crippen molar-refractivity contribution in [2.24, 2.45) is 0 Å². The highest BCUT2D eigenvalue weighted by atomic mass is 16.5. The molecule has 3 rings (SSSR count). The maximum Gasteiger partial charge on any atom is 0.255 e. The van der Waals surface area contributed by atoms with E-state index in [-0.39, 0.29) is 11.8 Å². The molecule has 0 aromatic heterocycles. The van der Waals surface area contributed by atoms with E-state index in [0.717, 1.165) is 22.6 Å².